The molecule has 5 heteroatoms. The van der Waals surface area contributed by atoms with Crippen LogP contribution in [0.2, 0.25) is 0 Å². The second kappa shape index (κ2) is 8.49. The normalized spacial score (nSPS) is 21.9. The minimum Gasteiger partial charge on any atom is -0.494 e. The van der Waals surface area contributed by atoms with Crippen molar-refractivity contribution in [3.05, 3.63) is 29.8 Å². The van der Waals surface area contributed by atoms with Gasteiger partial charge in [0.2, 0.25) is 5.91 Å². The molecular weight excluding hydrogens is 304 g/mol. The molecule has 0 N–H and O–H groups in total. The van der Waals surface area contributed by atoms with Crippen molar-refractivity contribution in [3.63, 3.8) is 0 Å². The highest BCUT2D eigenvalue weighted by molar-refractivity contribution is 5.77. The number of morpholine rings is 1. The highest BCUT2D eigenvalue weighted by atomic mass is 16.5. The fourth-order valence-electron chi connectivity index (χ4n) is 3.62. The van der Waals surface area contributed by atoms with Gasteiger partial charge in [0.1, 0.15) is 5.75 Å². The maximum Gasteiger partial charge on any atom is 0.222 e. The van der Waals surface area contributed by atoms with Gasteiger partial charge in [-0.2, -0.15) is 0 Å². The van der Waals surface area contributed by atoms with Gasteiger partial charge in [-0.15, -0.1) is 0 Å². The van der Waals surface area contributed by atoms with Crippen molar-refractivity contribution >= 4 is 5.91 Å². The molecule has 1 unspecified atom stereocenters. The number of ether oxygens (including phenoxy) is 2. The Balaban J connectivity index is 1.49. The van der Waals surface area contributed by atoms with Crippen LogP contribution in [-0.4, -0.2) is 67.7 Å². The highest BCUT2D eigenvalue weighted by Gasteiger charge is 2.30. The van der Waals surface area contributed by atoms with Crippen LogP contribution in [0.25, 0.3) is 0 Å². The van der Waals surface area contributed by atoms with Crippen molar-refractivity contribution in [1.29, 1.82) is 0 Å². The summed E-state index contributed by atoms with van der Waals surface area (Å²) in [5.41, 5.74) is 1.12. The lowest BCUT2D eigenvalue weighted by Crippen LogP contribution is -2.45. The minimum atomic E-state index is 0.261. The van der Waals surface area contributed by atoms with Crippen molar-refractivity contribution in [1.82, 2.24) is 9.80 Å². The largest absolute Gasteiger partial charge is 0.494 e. The summed E-state index contributed by atoms with van der Waals surface area (Å²) in [6.07, 6.45) is 2.38. The molecule has 3 rings (SSSR count). The monoisotopic (exact) mass is 332 g/mol. The zero-order valence-electron chi connectivity index (χ0n) is 14.6. The second-order valence-corrected chi connectivity index (χ2v) is 6.47. The van der Waals surface area contributed by atoms with E-state index in [0.717, 1.165) is 63.5 Å². The van der Waals surface area contributed by atoms with E-state index in [-0.39, 0.29) is 5.91 Å². The Morgan fingerprint density at radius 1 is 1.25 bits per heavy atom. The Labute approximate surface area is 144 Å². The summed E-state index contributed by atoms with van der Waals surface area (Å²) in [6.45, 7) is 8.01. The molecule has 24 heavy (non-hydrogen) atoms. The topological polar surface area (TPSA) is 42.0 Å². The van der Waals surface area contributed by atoms with E-state index < -0.39 is 0 Å². The maximum atomic E-state index is 12.6. The zero-order valence-corrected chi connectivity index (χ0v) is 14.6. The van der Waals surface area contributed by atoms with E-state index in [0.29, 0.717) is 19.1 Å². The third-order valence-corrected chi connectivity index (χ3v) is 4.96. The van der Waals surface area contributed by atoms with Crippen LogP contribution in [0.15, 0.2) is 24.3 Å². The number of carbonyl (C=O) groups is 1. The molecule has 0 aliphatic carbocycles. The lowest BCUT2D eigenvalue weighted by molar-refractivity contribution is -0.130. The molecule has 0 radical (unpaired) electrons. The summed E-state index contributed by atoms with van der Waals surface area (Å²) in [6, 6.07) is 8.52. The first-order chi connectivity index (χ1) is 11.8. The molecule has 0 spiro atoms. The smallest absolute Gasteiger partial charge is 0.222 e. The van der Waals surface area contributed by atoms with Crippen LogP contribution < -0.4 is 4.74 Å². The number of hydrogen-bond donors (Lipinski definition) is 0. The summed E-state index contributed by atoms with van der Waals surface area (Å²) in [4.78, 5) is 17.1. The molecule has 2 aliphatic rings. The van der Waals surface area contributed by atoms with Crippen LogP contribution in [-0.2, 0) is 16.0 Å². The Hall–Kier alpha value is -1.59. The number of benzene rings is 1. The molecule has 1 aromatic rings. The third kappa shape index (κ3) is 4.28. The van der Waals surface area contributed by atoms with Gasteiger partial charge in [0.15, 0.2) is 0 Å². The average molecular weight is 332 g/mol. The Bertz CT molecular complexity index is 543. The first kappa shape index (κ1) is 17.2. The van der Waals surface area contributed by atoms with Crippen molar-refractivity contribution in [2.24, 2.45) is 0 Å². The number of aryl methyl sites for hydroxylation is 1. The lowest BCUT2D eigenvalue weighted by atomic mass is 10.1. The maximum absolute atomic E-state index is 12.6. The second-order valence-electron chi connectivity index (χ2n) is 6.47. The van der Waals surface area contributed by atoms with Gasteiger partial charge in [-0.05, 0) is 31.4 Å². The zero-order chi connectivity index (χ0) is 16.8. The standard InChI is InChI=1S/C19H28N2O3/c1-2-24-18-6-4-3-5-16(18)7-8-19(22)21-10-9-17(15-21)20-11-13-23-14-12-20/h3-6,17H,2,7-15H2,1H3. The predicted octanol–water partition coefficient (Wildman–Crippen LogP) is 1.95. The molecule has 2 fully saturated rings. The fraction of sp³-hybridized carbons (Fsp3) is 0.632. The first-order valence-electron chi connectivity index (χ1n) is 9.08. The number of para-hydroxylation sites is 1. The molecule has 2 heterocycles. The van der Waals surface area contributed by atoms with Crippen molar-refractivity contribution < 1.29 is 14.3 Å². The van der Waals surface area contributed by atoms with Crippen LogP contribution in [0, 0.1) is 0 Å². The Morgan fingerprint density at radius 3 is 2.83 bits per heavy atom. The number of nitrogens with zero attached hydrogens (tertiary/aromatic N) is 2. The first-order valence-corrected chi connectivity index (χ1v) is 9.08. The van der Waals surface area contributed by atoms with Crippen LogP contribution >= 0.6 is 0 Å². The van der Waals surface area contributed by atoms with Gasteiger partial charge < -0.3 is 14.4 Å². The van der Waals surface area contributed by atoms with E-state index in [9.17, 15) is 4.79 Å². The number of rotatable bonds is 6. The van der Waals surface area contributed by atoms with Gasteiger partial charge in [0.25, 0.3) is 0 Å². The molecule has 1 aromatic carbocycles. The molecule has 1 atom stereocenters. The molecular formula is C19H28N2O3. The molecule has 5 nitrogen and oxygen atoms in total. The molecule has 132 valence electrons. The van der Waals surface area contributed by atoms with Gasteiger partial charge in [-0.25, -0.2) is 0 Å². The van der Waals surface area contributed by atoms with Crippen LogP contribution in [0.1, 0.15) is 25.3 Å². The van der Waals surface area contributed by atoms with Gasteiger partial charge >= 0.3 is 0 Å². The highest BCUT2D eigenvalue weighted by Crippen LogP contribution is 2.22. The van der Waals surface area contributed by atoms with E-state index in [4.69, 9.17) is 9.47 Å². The number of carbonyl (C=O) groups excluding carboxylic acids is 1. The molecule has 0 aromatic heterocycles. The van der Waals surface area contributed by atoms with Crippen LogP contribution in [0.5, 0.6) is 5.75 Å². The predicted molar refractivity (Wildman–Crippen MR) is 93.3 cm³/mol. The van der Waals surface area contributed by atoms with Gasteiger partial charge in [0.05, 0.1) is 19.8 Å². The average Bonchev–Trinajstić information content (AvgIpc) is 3.12. The van der Waals surface area contributed by atoms with Gasteiger partial charge in [0, 0.05) is 38.6 Å². The van der Waals surface area contributed by atoms with Gasteiger partial charge in [-0.3, -0.25) is 9.69 Å². The number of amides is 1. The SMILES string of the molecule is CCOc1ccccc1CCC(=O)N1CCC(N2CCOCC2)C1. The van der Waals surface area contributed by atoms with E-state index in [1.54, 1.807) is 0 Å². The third-order valence-electron chi connectivity index (χ3n) is 4.96. The quantitative estimate of drug-likeness (QED) is 0.798. The van der Waals surface area contributed by atoms with E-state index in [1.165, 1.54) is 0 Å². The molecule has 0 saturated carbocycles. The van der Waals surface area contributed by atoms with Crippen LogP contribution in [0.3, 0.4) is 0 Å². The Morgan fingerprint density at radius 2 is 2.04 bits per heavy atom. The molecule has 0 bridgehead atoms. The van der Waals surface area contributed by atoms with Crippen LogP contribution in [0.4, 0.5) is 0 Å². The number of hydrogen-bond acceptors (Lipinski definition) is 4. The summed E-state index contributed by atoms with van der Waals surface area (Å²) >= 11 is 0. The number of likely N-dealkylation sites (tertiary alicyclic amines) is 1. The summed E-state index contributed by atoms with van der Waals surface area (Å²) in [5.74, 6) is 1.16. The van der Waals surface area contributed by atoms with E-state index >= 15 is 0 Å². The van der Waals surface area contributed by atoms with E-state index in [1.807, 2.05) is 30.0 Å². The summed E-state index contributed by atoms with van der Waals surface area (Å²) in [5, 5.41) is 0. The van der Waals surface area contributed by atoms with Crippen molar-refractivity contribution in [2.75, 3.05) is 46.0 Å². The Kier molecular flexibility index (Phi) is 6.10. The van der Waals surface area contributed by atoms with Crippen molar-refractivity contribution in [2.45, 2.75) is 32.2 Å². The van der Waals surface area contributed by atoms with Crippen molar-refractivity contribution in [3.8, 4) is 5.75 Å². The van der Waals surface area contributed by atoms with Gasteiger partial charge in [-0.1, -0.05) is 18.2 Å². The summed E-state index contributed by atoms with van der Waals surface area (Å²) < 4.78 is 11.1. The molecule has 2 saturated heterocycles. The van der Waals surface area contributed by atoms with E-state index in [2.05, 4.69) is 11.0 Å². The fourth-order valence-corrected chi connectivity index (χ4v) is 3.62. The minimum absolute atomic E-state index is 0.261. The summed E-state index contributed by atoms with van der Waals surface area (Å²) in [7, 11) is 0. The molecule has 1 amide bonds. The molecule has 2 aliphatic heterocycles. The lowest BCUT2D eigenvalue weighted by Gasteiger charge is -2.32.